The smallest absolute Gasteiger partial charge is 0.264 e. The Bertz CT molecular complexity index is 1340. The molecule has 0 aliphatic heterocycles. The van der Waals surface area contributed by atoms with Crippen LogP contribution in [0, 0.1) is 6.92 Å². The van der Waals surface area contributed by atoms with Crippen LogP contribution in [0.2, 0.25) is 0 Å². The number of ether oxygens (including phenoxy) is 1. The summed E-state index contributed by atoms with van der Waals surface area (Å²) in [5, 5.41) is 2.90. The van der Waals surface area contributed by atoms with E-state index in [1.807, 2.05) is 51.1 Å². The maximum atomic E-state index is 14.0. The molecule has 0 aromatic heterocycles. The molecule has 40 heavy (non-hydrogen) atoms. The Hall–Kier alpha value is -3.85. The molecule has 214 valence electrons. The van der Waals surface area contributed by atoms with E-state index in [9.17, 15) is 18.0 Å². The lowest BCUT2D eigenvalue weighted by molar-refractivity contribution is -0.139. The van der Waals surface area contributed by atoms with Gasteiger partial charge in [-0.2, -0.15) is 0 Å². The van der Waals surface area contributed by atoms with Crippen LogP contribution in [0.4, 0.5) is 5.69 Å². The minimum atomic E-state index is -4.12. The highest BCUT2D eigenvalue weighted by Gasteiger charge is 2.33. The van der Waals surface area contributed by atoms with Gasteiger partial charge in [-0.25, -0.2) is 8.42 Å². The highest BCUT2D eigenvalue weighted by atomic mass is 32.2. The summed E-state index contributed by atoms with van der Waals surface area (Å²) in [6.45, 7) is 6.03. The summed E-state index contributed by atoms with van der Waals surface area (Å²) in [6.07, 6.45) is 1.69. The maximum Gasteiger partial charge on any atom is 0.264 e. The highest BCUT2D eigenvalue weighted by molar-refractivity contribution is 7.92. The van der Waals surface area contributed by atoms with Crippen LogP contribution in [0.25, 0.3) is 0 Å². The predicted octanol–water partition coefficient (Wildman–Crippen LogP) is 4.58. The van der Waals surface area contributed by atoms with Crippen LogP contribution < -0.4 is 14.4 Å². The molecule has 3 aromatic carbocycles. The zero-order valence-electron chi connectivity index (χ0n) is 23.7. The Balaban J connectivity index is 1.99. The van der Waals surface area contributed by atoms with Gasteiger partial charge >= 0.3 is 0 Å². The lowest BCUT2D eigenvalue weighted by Gasteiger charge is -2.33. The number of carbonyl (C=O) groups is 2. The minimum Gasteiger partial charge on any atom is -0.497 e. The molecule has 9 heteroatoms. The van der Waals surface area contributed by atoms with Crippen LogP contribution >= 0.6 is 0 Å². The average Bonchev–Trinajstić information content (AvgIpc) is 2.97. The molecule has 0 fully saturated rings. The number of anilines is 1. The fourth-order valence-corrected chi connectivity index (χ4v) is 5.79. The molecule has 0 saturated carbocycles. The van der Waals surface area contributed by atoms with Crippen molar-refractivity contribution in [2.24, 2.45) is 0 Å². The Morgan fingerprint density at radius 1 is 0.925 bits per heavy atom. The summed E-state index contributed by atoms with van der Waals surface area (Å²) in [5.74, 6) is -0.175. The second kappa shape index (κ2) is 14.5. The van der Waals surface area contributed by atoms with Gasteiger partial charge in [-0.15, -0.1) is 0 Å². The SMILES string of the molecule is CCCNC(=O)[C@H](CC)N(CCc1ccccc1)C(=O)CN(c1ccc(C)cc1)S(=O)(=O)c1ccc(OC)cc1. The quantitative estimate of drug-likeness (QED) is 0.309. The molecular formula is C31H39N3O5S. The van der Waals surface area contributed by atoms with Crippen LogP contribution in [0.15, 0.2) is 83.8 Å². The lowest BCUT2D eigenvalue weighted by Crippen LogP contribution is -2.53. The number of nitrogens with one attached hydrogen (secondary N) is 1. The van der Waals surface area contributed by atoms with Crippen molar-refractivity contribution in [1.82, 2.24) is 10.2 Å². The first-order valence-electron chi connectivity index (χ1n) is 13.6. The van der Waals surface area contributed by atoms with E-state index in [0.29, 0.717) is 30.8 Å². The van der Waals surface area contributed by atoms with Gasteiger partial charge in [0.25, 0.3) is 10.0 Å². The van der Waals surface area contributed by atoms with E-state index in [1.165, 1.54) is 24.1 Å². The van der Waals surface area contributed by atoms with Crippen LogP contribution in [0.3, 0.4) is 0 Å². The number of methoxy groups -OCH3 is 1. The second-order valence-electron chi connectivity index (χ2n) is 9.56. The van der Waals surface area contributed by atoms with Gasteiger partial charge in [-0.1, -0.05) is 61.9 Å². The lowest BCUT2D eigenvalue weighted by atomic mass is 10.1. The Labute approximate surface area is 238 Å². The van der Waals surface area contributed by atoms with E-state index in [1.54, 1.807) is 36.4 Å². The number of amides is 2. The van der Waals surface area contributed by atoms with Crippen LogP contribution in [-0.2, 0) is 26.0 Å². The molecule has 0 bridgehead atoms. The predicted molar refractivity (Wildman–Crippen MR) is 158 cm³/mol. The summed E-state index contributed by atoms with van der Waals surface area (Å²) in [7, 11) is -2.62. The maximum absolute atomic E-state index is 14.0. The monoisotopic (exact) mass is 565 g/mol. The van der Waals surface area contributed by atoms with E-state index in [0.717, 1.165) is 21.9 Å². The first-order valence-corrected chi connectivity index (χ1v) is 15.0. The van der Waals surface area contributed by atoms with Crippen LogP contribution in [0.1, 0.15) is 37.8 Å². The van der Waals surface area contributed by atoms with E-state index < -0.39 is 28.5 Å². The molecule has 3 aromatic rings. The van der Waals surface area contributed by atoms with Gasteiger partial charge < -0.3 is 15.0 Å². The topological polar surface area (TPSA) is 96.0 Å². The first kappa shape index (κ1) is 30.7. The molecular weight excluding hydrogens is 526 g/mol. The molecule has 0 saturated heterocycles. The fourth-order valence-electron chi connectivity index (χ4n) is 4.38. The van der Waals surface area contributed by atoms with Crippen molar-refractivity contribution < 1.29 is 22.7 Å². The third-order valence-corrected chi connectivity index (χ3v) is 8.46. The molecule has 8 nitrogen and oxygen atoms in total. The van der Waals surface area contributed by atoms with Gasteiger partial charge in [0.05, 0.1) is 17.7 Å². The molecule has 3 rings (SSSR count). The van der Waals surface area contributed by atoms with E-state index >= 15 is 0 Å². The van der Waals surface area contributed by atoms with Crippen molar-refractivity contribution >= 4 is 27.5 Å². The number of benzene rings is 3. The van der Waals surface area contributed by atoms with E-state index in [-0.39, 0.29) is 17.3 Å². The van der Waals surface area contributed by atoms with Gasteiger partial charge in [0, 0.05) is 13.1 Å². The molecule has 0 aliphatic rings. The number of nitrogens with zero attached hydrogens (tertiary/aromatic N) is 2. The van der Waals surface area contributed by atoms with Crippen molar-refractivity contribution in [3.8, 4) is 5.75 Å². The number of aryl methyl sites for hydroxylation is 1. The zero-order valence-corrected chi connectivity index (χ0v) is 24.5. The average molecular weight is 566 g/mol. The standard InChI is InChI=1S/C31H39N3O5S/c1-5-21-32-31(36)29(6-2)33(22-20-25-10-8-7-9-11-25)30(35)23-34(26-14-12-24(3)13-15-26)40(37,38)28-18-16-27(39-4)17-19-28/h7-19,29H,5-6,20-23H2,1-4H3,(H,32,36)/t29-/m0/s1. The first-order chi connectivity index (χ1) is 19.2. The summed E-state index contributed by atoms with van der Waals surface area (Å²) in [5.41, 5.74) is 2.34. The number of hydrogen-bond acceptors (Lipinski definition) is 5. The molecule has 0 aliphatic carbocycles. The van der Waals surface area contributed by atoms with E-state index in [2.05, 4.69) is 5.32 Å². The Morgan fingerprint density at radius 2 is 1.57 bits per heavy atom. The normalized spacial score (nSPS) is 11.9. The minimum absolute atomic E-state index is 0.0326. The van der Waals surface area contributed by atoms with Crippen molar-refractivity contribution in [3.63, 3.8) is 0 Å². The number of rotatable bonds is 14. The second-order valence-corrected chi connectivity index (χ2v) is 11.4. The molecule has 2 amide bonds. The van der Waals surface area contributed by atoms with Gasteiger partial charge in [-0.05, 0) is 68.1 Å². The number of carbonyl (C=O) groups excluding carboxylic acids is 2. The molecule has 0 spiro atoms. The molecule has 0 unspecified atom stereocenters. The molecule has 1 N–H and O–H groups in total. The third kappa shape index (κ3) is 7.85. The van der Waals surface area contributed by atoms with Crippen molar-refractivity contribution in [3.05, 3.63) is 90.0 Å². The van der Waals surface area contributed by atoms with Crippen LogP contribution in [0.5, 0.6) is 5.75 Å². The largest absolute Gasteiger partial charge is 0.497 e. The molecule has 0 heterocycles. The third-order valence-electron chi connectivity index (χ3n) is 6.67. The van der Waals surface area contributed by atoms with Gasteiger partial charge in [0.2, 0.25) is 11.8 Å². The molecule has 0 radical (unpaired) electrons. The number of sulfonamides is 1. The summed E-state index contributed by atoms with van der Waals surface area (Å²) in [6, 6.07) is 22.0. The Kier molecular flexibility index (Phi) is 11.1. The van der Waals surface area contributed by atoms with Crippen LogP contribution in [-0.4, -0.2) is 57.9 Å². The van der Waals surface area contributed by atoms with Gasteiger partial charge in [0.15, 0.2) is 0 Å². The highest BCUT2D eigenvalue weighted by Crippen LogP contribution is 2.26. The van der Waals surface area contributed by atoms with Gasteiger partial charge in [0.1, 0.15) is 18.3 Å². The number of hydrogen-bond donors (Lipinski definition) is 1. The summed E-state index contributed by atoms with van der Waals surface area (Å²) in [4.78, 5) is 28.7. The van der Waals surface area contributed by atoms with Crippen molar-refractivity contribution in [2.75, 3.05) is 31.0 Å². The van der Waals surface area contributed by atoms with E-state index in [4.69, 9.17) is 4.74 Å². The Morgan fingerprint density at radius 3 is 2.15 bits per heavy atom. The fraction of sp³-hybridized carbons (Fsp3) is 0.355. The van der Waals surface area contributed by atoms with Crippen molar-refractivity contribution in [2.45, 2.75) is 51.0 Å². The van der Waals surface area contributed by atoms with Crippen molar-refractivity contribution in [1.29, 1.82) is 0 Å². The molecule has 1 atom stereocenters. The summed E-state index contributed by atoms with van der Waals surface area (Å²) < 4.78 is 34.1. The summed E-state index contributed by atoms with van der Waals surface area (Å²) >= 11 is 0. The zero-order chi connectivity index (χ0) is 29.1. The van der Waals surface area contributed by atoms with Gasteiger partial charge in [-0.3, -0.25) is 13.9 Å².